The topological polar surface area (TPSA) is 118 Å². The molecule has 0 radical (unpaired) electrons. The van der Waals surface area contributed by atoms with Crippen molar-refractivity contribution >= 4 is 21.7 Å². The number of para-hydroxylation sites is 1. The van der Waals surface area contributed by atoms with Crippen molar-refractivity contribution in [3.05, 3.63) is 34.1 Å². The highest BCUT2D eigenvalue weighted by Gasteiger charge is 2.34. The van der Waals surface area contributed by atoms with E-state index in [0.29, 0.717) is 4.31 Å². The second-order valence-electron chi connectivity index (χ2n) is 3.67. The molecule has 0 aliphatic heterocycles. The summed E-state index contributed by atoms with van der Waals surface area (Å²) in [6.07, 6.45) is 0. The van der Waals surface area contributed by atoms with Gasteiger partial charge in [0.05, 0.1) is 4.92 Å². The van der Waals surface area contributed by atoms with Crippen molar-refractivity contribution in [2.45, 2.75) is 11.8 Å². The number of sulfonamides is 1. The molecule has 0 amide bonds. The Kier molecular flexibility index (Phi) is 4.73. The van der Waals surface area contributed by atoms with Crippen molar-refractivity contribution in [1.82, 2.24) is 4.31 Å². The van der Waals surface area contributed by atoms with Crippen molar-refractivity contribution in [2.24, 2.45) is 0 Å². The minimum Gasteiger partial charge on any atom is -0.480 e. The van der Waals surface area contributed by atoms with E-state index in [0.717, 1.165) is 18.2 Å². The van der Waals surface area contributed by atoms with Gasteiger partial charge in [-0.2, -0.15) is 8.70 Å². The van der Waals surface area contributed by atoms with Gasteiger partial charge in [-0.25, -0.2) is 8.42 Å². The van der Waals surface area contributed by atoms with Gasteiger partial charge in [-0.3, -0.25) is 14.9 Å². The summed E-state index contributed by atoms with van der Waals surface area (Å²) in [5.74, 6) is -2.73. The maximum Gasteiger partial charge on any atom is 0.324 e. The molecular formula is C10H11FN2O6S. The molecule has 1 aromatic carbocycles. The highest BCUT2D eigenvalue weighted by atomic mass is 32.2. The van der Waals surface area contributed by atoms with Gasteiger partial charge in [0.15, 0.2) is 4.90 Å². The Morgan fingerprint density at radius 1 is 1.50 bits per heavy atom. The largest absolute Gasteiger partial charge is 0.480 e. The van der Waals surface area contributed by atoms with E-state index in [-0.39, 0.29) is 6.54 Å². The number of nitrogens with zero attached hydrogens (tertiary/aromatic N) is 2. The lowest BCUT2D eigenvalue weighted by Crippen LogP contribution is -2.35. The number of aliphatic carboxylic acids is 1. The first-order chi connectivity index (χ1) is 9.21. The van der Waals surface area contributed by atoms with Crippen LogP contribution in [0.3, 0.4) is 0 Å². The van der Waals surface area contributed by atoms with Crippen LogP contribution in [0.15, 0.2) is 23.1 Å². The van der Waals surface area contributed by atoms with Crippen LogP contribution in [0.4, 0.5) is 10.1 Å². The van der Waals surface area contributed by atoms with Crippen LogP contribution >= 0.6 is 0 Å². The van der Waals surface area contributed by atoms with Crippen LogP contribution in [0.1, 0.15) is 6.92 Å². The molecule has 0 aliphatic carbocycles. The molecule has 110 valence electrons. The fraction of sp³-hybridized carbons (Fsp3) is 0.300. The zero-order valence-electron chi connectivity index (χ0n) is 10.3. The molecular weight excluding hydrogens is 295 g/mol. The van der Waals surface area contributed by atoms with Gasteiger partial charge in [0.2, 0.25) is 5.82 Å². The molecule has 0 aromatic heterocycles. The SMILES string of the molecule is CCN(CC(=O)O)S(=O)(=O)c1cccc(F)c1[N+](=O)[O-]. The number of rotatable bonds is 6. The van der Waals surface area contributed by atoms with Gasteiger partial charge < -0.3 is 5.11 Å². The molecule has 0 unspecified atom stereocenters. The second-order valence-corrected chi connectivity index (χ2v) is 5.57. The lowest BCUT2D eigenvalue weighted by molar-refractivity contribution is -0.390. The Morgan fingerprint density at radius 3 is 2.55 bits per heavy atom. The predicted molar refractivity (Wildman–Crippen MR) is 65.1 cm³/mol. The Morgan fingerprint density at radius 2 is 2.10 bits per heavy atom. The maximum atomic E-state index is 13.4. The van der Waals surface area contributed by atoms with Gasteiger partial charge in [-0.1, -0.05) is 13.0 Å². The highest BCUT2D eigenvalue weighted by Crippen LogP contribution is 2.28. The summed E-state index contributed by atoms with van der Waals surface area (Å²) in [6.45, 7) is 0.278. The van der Waals surface area contributed by atoms with Crippen molar-refractivity contribution in [1.29, 1.82) is 0 Å². The molecule has 0 atom stereocenters. The molecule has 10 heteroatoms. The third-order valence-corrected chi connectivity index (χ3v) is 4.37. The number of carboxylic acid groups (broad SMARTS) is 1. The minimum absolute atomic E-state index is 0.220. The van der Waals surface area contributed by atoms with Gasteiger partial charge in [0.25, 0.3) is 10.0 Å². The van der Waals surface area contributed by atoms with E-state index in [1.807, 2.05) is 0 Å². The molecule has 1 aromatic rings. The average Bonchev–Trinajstić information content (AvgIpc) is 2.34. The Bertz CT molecular complexity index is 645. The summed E-state index contributed by atoms with van der Waals surface area (Å²) < 4.78 is 38.3. The van der Waals surface area contributed by atoms with E-state index in [1.165, 1.54) is 6.92 Å². The number of hydrogen-bond donors (Lipinski definition) is 1. The molecule has 20 heavy (non-hydrogen) atoms. The summed E-state index contributed by atoms with van der Waals surface area (Å²) in [4.78, 5) is 19.4. The van der Waals surface area contributed by atoms with Crippen molar-refractivity contribution in [2.75, 3.05) is 13.1 Å². The molecule has 0 saturated carbocycles. The standard InChI is InChI=1S/C10H11FN2O6S/c1-2-12(6-9(14)15)20(18,19)8-5-3-4-7(11)10(8)13(16)17/h3-5H,2,6H2,1H3,(H,14,15). The first-order valence-corrected chi connectivity index (χ1v) is 6.80. The summed E-state index contributed by atoms with van der Waals surface area (Å²) in [5.41, 5.74) is -1.20. The first kappa shape index (κ1) is 16.0. The van der Waals surface area contributed by atoms with Crippen molar-refractivity contribution in [3.8, 4) is 0 Å². The fourth-order valence-corrected chi connectivity index (χ4v) is 3.10. The van der Waals surface area contributed by atoms with Gasteiger partial charge in [0, 0.05) is 6.54 Å². The van der Waals surface area contributed by atoms with Gasteiger partial charge in [0.1, 0.15) is 6.54 Å². The van der Waals surface area contributed by atoms with Crippen molar-refractivity contribution < 1.29 is 27.6 Å². The quantitative estimate of drug-likeness (QED) is 0.614. The number of benzene rings is 1. The molecule has 0 bridgehead atoms. The zero-order chi connectivity index (χ0) is 15.5. The first-order valence-electron chi connectivity index (χ1n) is 5.36. The maximum absolute atomic E-state index is 13.4. The Hall–Kier alpha value is -2.07. The van der Waals surface area contributed by atoms with Crippen LogP contribution < -0.4 is 0 Å². The fourth-order valence-electron chi connectivity index (χ4n) is 1.54. The molecule has 0 fully saturated rings. The lowest BCUT2D eigenvalue weighted by Gasteiger charge is -2.18. The number of nitro benzene ring substituents is 1. The predicted octanol–water partition coefficient (Wildman–Crippen LogP) is 0.829. The van der Waals surface area contributed by atoms with Crippen LogP contribution in [-0.2, 0) is 14.8 Å². The van der Waals surface area contributed by atoms with Gasteiger partial charge >= 0.3 is 11.7 Å². The normalized spacial score (nSPS) is 11.6. The summed E-state index contributed by atoms with van der Waals surface area (Å²) >= 11 is 0. The molecule has 0 saturated heterocycles. The molecule has 0 spiro atoms. The van der Waals surface area contributed by atoms with E-state index in [4.69, 9.17) is 5.11 Å². The third kappa shape index (κ3) is 3.08. The Balaban J connectivity index is 3.46. The average molecular weight is 306 g/mol. The van der Waals surface area contributed by atoms with Crippen LogP contribution in [-0.4, -0.2) is 41.8 Å². The monoisotopic (exact) mass is 306 g/mol. The van der Waals surface area contributed by atoms with E-state index >= 15 is 0 Å². The van der Waals surface area contributed by atoms with Crippen LogP contribution in [0.25, 0.3) is 0 Å². The van der Waals surface area contributed by atoms with Gasteiger partial charge in [-0.05, 0) is 12.1 Å². The second kappa shape index (κ2) is 5.92. The number of likely N-dealkylation sites (N-methyl/N-ethyl adjacent to an activating group) is 1. The molecule has 0 heterocycles. The summed E-state index contributed by atoms with van der Waals surface area (Å²) in [6, 6.07) is 2.62. The number of nitro groups is 1. The third-order valence-electron chi connectivity index (χ3n) is 2.41. The number of hydrogen-bond acceptors (Lipinski definition) is 5. The Labute approximate surface area is 113 Å². The number of carboxylic acids is 1. The van der Waals surface area contributed by atoms with E-state index in [1.54, 1.807) is 0 Å². The summed E-state index contributed by atoms with van der Waals surface area (Å²) in [5, 5.41) is 19.4. The number of halogens is 1. The minimum atomic E-state index is -4.47. The highest BCUT2D eigenvalue weighted by molar-refractivity contribution is 7.89. The van der Waals surface area contributed by atoms with Crippen LogP contribution in [0.2, 0.25) is 0 Å². The van der Waals surface area contributed by atoms with Crippen molar-refractivity contribution in [3.63, 3.8) is 0 Å². The van der Waals surface area contributed by atoms with E-state index in [2.05, 4.69) is 0 Å². The lowest BCUT2D eigenvalue weighted by atomic mass is 10.3. The number of carbonyl (C=O) groups is 1. The van der Waals surface area contributed by atoms with Crippen LogP contribution in [0.5, 0.6) is 0 Å². The zero-order valence-corrected chi connectivity index (χ0v) is 11.1. The van der Waals surface area contributed by atoms with Gasteiger partial charge in [-0.15, -0.1) is 0 Å². The van der Waals surface area contributed by atoms with E-state index < -0.39 is 43.9 Å². The van der Waals surface area contributed by atoms with E-state index in [9.17, 15) is 27.7 Å². The molecule has 1 N–H and O–H groups in total. The molecule has 0 aliphatic rings. The summed E-state index contributed by atoms with van der Waals surface area (Å²) in [7, 11) is -4.47. The van der Waals surface area contributed by atoms with Crippen LogP contribution in [0, 0.1) is 15.9 Å². The smallest absolute Gasteiger partial charge is 0.324 e. The molecule has 1 rings (SSSR count). The molecule has 8 nitrogen and oxygen atoms in total.